The summed E-state index contributed by atoms with van der Waals surface area (Å²) in [5, 5.41) is 0.0705. The molecule has 0 aliphatic rings. The maximum atomic E-state index is 6.21. The van der Waals surface area contributed by atoms with Gasteiger partial charge in [-0.05, 0) is 18.1 Å². The van der Waals surface area contributed by atoms with Crippen LogP contribution in [0.5, 0.6) is 0 Å². The second-order valence-corrected chi connectivity index (χ2v) is 3.77. The molecule has 0 heterocycles. The summed E-state index contributed by atoms with van der Waals surface area (Å²) in [6, 6.07) is 7.81. The minimum Gasteiger partial charge on any atom is -0.398 e. The molecule has 2 N–H and O–H groups in total. The number of anilines is 1. The highest BCUT2D eigenvalue weighted by molar-refractivity contribution is 6.21. The van der Waals surface area contributed by atoms with Crippen LogP contribution in [0.1, 0.15) is 37.1 Å². The van der Waals surface area contributed by atoms with Gasteiger partial charge in [0.25, 0.3) is 0 Å². The van der Waals surface area contributed by atoms with Crippen LogP contribution in [0, 0.1) is 0 Å². The molecule has 0 aromatic heterocycles. The first-order chi connectivity index (χ1) is 6.25. The molecule has 0 spiro atoms. The van der Waals surface area contributed by atoms with Crippen LogP contribution in [0.15, 0.2) is 24.3 Å². The van der Waals surface area contributed by atoms with Gasteiger partial charge in [0, 0.05) is 5.69 Å². The molecule has 0 saturated carbocycles. The van der Waals surface area contributed by atoms with E-state index in [0.717, 1.165) is 24.1 Å². The number of alkyl halides is 1. The van der Waals surface area contributed by atoms with Gasteiger partial charge >= 0.3 is 0 Å². The summed E-state index contributed by atoms with van der Waals surface area (Å²) < 4.78 is 0. The van der Waals surface area contributed by atoms with E-state index in [1.54, 1.807) is 0 Å². The Labute approximate surface area is 84.9 Å². The molecule has 1 rings (SSSR count). The van der Waals surface area contributed by atoms with E-state index in [1.807, 2.05) is 24.3 Å². The Bertz CT molecular complexity index is 260. The standard InChI is InChI=1S/C11H16ClN/c1-2-3-7-10(12)9-6-4-5-8-11(9)13/h4-6,8,10H,2-3,7,13H2,1H3. The molecular formula is C11H16ClN. The van der Waals surface area contributed by atoms with Crippen molar-refractivity contribution in [1.82, 2.24) is 0 Å². The first-order valence-corrected chi connectivity index (χ1v) is 5.17. The molecule has 0 aliphatic heterocycles. The molecule has 1 aromatic carbocycles. The smallest absolute Gasteiger partial charge is 0.0605 e. The van der Waals surface area contributed by atoms with Crippen molar-refractivity contribution in [2.45, 2.75) is 31.6 Å². The molecule has 0 fully saturated rings. The minimum absolute atomic E-state index is 0.0705. The first kappa shape index (κ1) is 10.4. The van der Waals surface area contributed by atoms with Crippen LogP contribution in [0.25, 0.3) is 0 Å². The van der Waals surface area contributed by atoms with Gasteiger partial charge in [-0.25, -0.2) is 0 Å². The Balaban J connectivity index is 2.65. The zero-order valence-corrected chi connectivity index (χ0v) is 8.72. The van der Waals surface area contributed by atoms with Gasteiger partial charge in [-0.2, -0.15) is 0 Å². The van der Waals surface area contributed by atoms with Crippen molar-refractivity contribution in [2.75, 3.05) is 5.73 Å². The van der Waals surface area contributed by atoms with Crippen LogP contribution < -0.4 is 5.73 Å². The highest BCUT2D eigenvalue weighted by Gasteiger charge is 2.09. The van der Waals surface area contributed by atoms with Gasteiger partial charge in [0.05, 0.1) is 5.38 Å². The number of nitrogens with two attached hydrogens (primary N) is 1. The van der Waals surface area contributed by atoms with Crippen molar-refractivity contribution in [2.24, 2.45) is 0 Å². The molecule has 1 aromatic rings. The quantitative estimate of drug-likeness (QED) is 0.578. The molecular weight excluding hydrogens is 182 g/mol. The van der Waals surface area contributed by atoms with Crippen molar-refractivity contribution < 1.29 is 0 Å². The predicted molar refractivity (Wildman–Crippen MR) is 59.0 cm³/mol. The number of hydrogen-bond acceptors (Lipinski definition) is 1. The maximum absolute atomic E-state index is 6.21. The third-order valence-electron chi connectivity index (χ3n) is 2.14. The predicted octanol–water partition coefficient (Wildman–Crippen LogP) is 3.74. The van der Waals surface area contributed by atoms with E-state index in [-0.39, 0.29) is 5.38 Å². The van der Waals surface area contributed by atoms with Crippen LogP contribution in [-0.4, -0.2) is 0 Å². The van der Waals surface area contributed by atoms with Crippen molar-refractivity contribution in [3.8, 4) is 0 Å². The average Bonchev–Trinajstić information content (AvgIpc) is 2.15. The molecule has 0 bridgehead atoms. The van der Waals surface area contributed by atoms with Crippen molar-refractivity contribution in [3.05, 3.63) is 29.8 Å². The van der Waals surface area contributed by atoms with E-state index < -0.39 is 0 Å². The molecule has 1 unspecified atom stereocenters. The van der Waals surface area contributed by atoms with E-state index in [1.165, 1.54) is 6.42 Å². The van der Waals surface area contributed by atoms with E-state index in [2.05, 4.69) is 6.92 Å². The highest BCUT2D eigenvalue weighted by atomic mass is 35.5. The fourth-order valence-electron chi connectivity index (χ4n) is 1.33. The normalized spacial score (nSPS) is 12.8. The number of hydrogen-bond donors (Lipinski definition) is 1. The first-order valence-electron chi connectivity index (χ1n) is 4.74. The summed E-state index contributed by atoms with van der Waals surface area (Å²) in [4.78, 5) is 0. The molecule has 0 radical (unpaired) electrons. The Hall–Kier alpha value is -0.690. The van der Waals surface area contributed by atoms with Crippen LogP contribution in [0.3, 0.4) is 0 Å². The largest absolute Gasteiger partial charge is 0.398 e. The third kappa shape index (κ3) is 2.92. The van der Waals surface area contributed by atoms with Gasteiger partial charge in [-0.1, -0.05) is 38.0 Å². The van der Waals surface area contributed by atoms with E-state index in [4.69, 9.17) is 17.3 Å². The Morgan fingerprint density at radius 1 is 1.38 bits per heavy atom. The fraction of sp³-hybridized carbons (Fsp3) is 0.455. The SMILES string of the molecule is CCCCC(Cl)c1ccccc1N. The van der Waals surface area contributed by atoms with E-state index in [9.17, 15) is 0 Å². The molecule has 72 valence electrons. The monoisotopic (exact) mass is 197 g/mol. The molecule has 1 nitrogen and oxygen atoms in total. The lowest BCUT2D eigenvalue weighted by atomic mass is 10.1. The zero-order valence-electron chi connectivity index (χ0n) is 7.96. The van der Waals surface area contributed by atoms with Gasteiger partial charge in [0.1, 0.15) is 0 Å². The number of para-hydroxylation sites is 1. The Morgan fingerprint density at radius 3 is 2.69 bits per heavy atom. The number of unbranched alkanes of at least 4 members (excludes halogenated alkanes) is 1. The second-order valence-electron chi connectivity index (χ2n) is 3.24. The lowest BCUT2D eigenvalue weighted by Gasteiger charge is -2.11. The summed E-state index contributed by atoms with van der Waals surface area (Å²) in [7, 11) is 0. The summed E-state index contributed by atoms with van der Waals surface area (Å²) in [5.41, 5.74) is 7.68. The Kier molecular flexibility index (Phi) is 4.10. The molecule has 0 saturated heterocycles. The summed E-state index contributed by atoms with van der Waals surface area (Å²) >= 11 is 6.21. The van der Waals surface area contributed by atoms with Gasteiger partial charge in [0.15, 0.2) is 0 Å². The lowest BCUT2D eigenvalue weighted by molar-refractivity contribution is 0.702. The molecule has 13 heavy (non-hydrogen) atoms. The summed E-state index contributed by atoms with van der Waals surface area (Å²) in [5.74, 6) is 0. The molecule has 1 atom stereocenters. The third-order valence-corrected chi connectivity index (χ3v) is 2.60. The number of halogens is 1. The average molecular weight is 198 g/mol. The molecule has 0 aliphatic carbocycles. The number of rotatable bonds is 4. The number of benzene rings is 1. The van der Waals surface area contributed by atoms with Gasteiger partial charge < -0.3 is 5.73 Å². The molecule has 0 amide bonds. The van der Waals surface area contributed by atoms with Crippen LogP contribution in [-0.2, 0) is 0 Å². The van der Waals surface area contributed by atoms with E-state index in [0.29, 0.717) is 0 Å². The van der Waals surface area contributed by atoms with Crippen molar-refractivity contribution in [3.63, 3.8) is 0 Å². The van der Waals surface area contributed by atoms with Crippen molar-refractivity contribution in [1.29, 1.82) is 0 Å². The van der Waals surface area contributed by atoms with Gasteiger partial charge in [0.2, 0.25) is 0 Å². The van der Waals surface area contributed by atoms with E-state index >= 15 is 0 Å². The highest BCUT2D eigenvalue weighted by Crippen LogP contribution is 2.29. The lowest BCUT2D eigenvalue weighted by Crippen LogP contribution is -1.96. The van der Waals surface area contributed by atoms with Crippen molar-refractivity contribution >= 4 is 17.3 Å². The Morgan fingerprint density at radius 2 is 2.08 bits per heavy atom. The van der Waals surface area contributed by atoms with Gasteiger partial charge in [-0.3, -0.25) is 0 Å². The summed E-state index contributed by atoms with van der Waals surface area (Å²) in [6.07, 6.45) is 3.34. The fourth-order valence-corrected chi connectivity index (χ4v) is 1.69. The molecule has 2 heteroatoms. The topological polar surface area (TPSA) is 26.0 Å². The van der Waals surface area contributed by atoms with Gasteiger partial charge in [-0.15, -0.1) is 11.6 Å². The maximum Gasteiger partial charge on any atom is 0.0605 e. The van der Waals surface area contributed by atoms with Crippen LogP contribution in [0.2, 0.25) is 0 Å². The summed E-state index contributed by atoms with van der Waals surface area (Å²) in [6.45, 7) is 2.16. The second kappa shape index (κ2) is 5.13. The van der Waals surface area contributed by atoms with Crippen LogP contribution >= 0.6 is 11.6 Å². The van der Waals surface area contributed by atoms with Crippen LogP contribution in [0.4, 0.5) is 5.69 Å². The zero-order chi connectivity index (χ0) is 9.68. The number of nitrogen functional groups attached to an aromatic ring is 1. The minimum atomic E-state index is 0.0705.